The zero-order valence-corrected chi connectivity index (χ0v) is 5.33. The van der Waals surface area contributed by atoms with Crippen molar-refractivity contribution in [3.63, 3.8) is 0 Å². The van der Waals surface area contributed by atoms with Crippen molar-refractivity contribution in [2.45, 2.75) is 6.42 Å². The number of nitriles is 2. The van der Waals surface area contributed by atoms with Crippen molar-refractivity contribution in [3.05, 3.63) is 11.6 Å². The number of dihydropyridines is 1. The van der Waals surface area contributed by atoms with Gasteiger partial charge in [0.25, 0.3) is 0 Å². The summed E-state index contributed by atoms with van der Waals surface area (Å²) < 4.78 is 0. The van der Waals surface area contributed by atoms with E-state index in [1.165, 1.54) is 6.08 Å². The van der Waals surface area contributed by atoms with Crippen LogP contribution < -0.4 is 0 Å². The second-order valence-electron chi connectivity index (χ2n) is 1.91. The molecule has 0 N–H and O–H groups in total. The van der Waals surface area contributed by atoms with Gasteiger partial charge >= 0.3 is 0 Å². The molecule has 48 valence electrons. The molecule has 0 aliphatic carbocycles. The zero-order valence-electron chi connectivity index (χ0n) is 5.33. The van der Waals surface area contributed by atoms with Crippen molar-refractivity contribution in [1.82, 2.24) is 0 Å². The highest BCUT2D eigenvalue weighted by atomic mass is 14.7. The molecule has 1 heterocycles. The molecule has 1 rings (SSSR count). The first-order valence-electron chi connectivity index (χ1n) is 2.92. The maximum absolute atomic E-state index is 8.42. The van der Waals surface area contributed by atoms with Gasteiger partial charge in [0.2, 0.25) is 0 Å². The van der Waals surface area contributed by atoms with Crippen LogP contribution in [0.2, 0.25) is 0 Å². The first kappa shape index (κ1) is 6.51. The van der Waals surface area contributed by atoms with Crippen LogP contribution in [0.3, 0.4) is 0 Å². The average Bonchev–Trinajstić information content (AvgIpc) is 2.05. The van der Waals surface area contributed by atoms with Crippen molar-refractivity contribution in [2.24, 2.45) is 4.99 Å². The Bertz CT molecular complexity index is 272. The summed E-state index contributed by atoms with van der Waals surface area (Å²) in [4.78, 5) is 3.87. The predicted molar refractivity (Wildman–Crippen MR) is 36.2 cm³/mol. The smallest absolute Gasteiger partial charge is 0.136 e. The van der Waals surface area contributed by atoms with Crippen LogP contribution in [0.4, 0.5) is 0 Å². The van der Waals surface area contributed by atoms with Gasteiger partial charge in [0, 0.05) is 18.5 Å². The molecule has 3 nitrogen and oxygen atoms in total. The molecule has 0 radical (unpaired) electrons. The Morgan fingerprint density at radius 1 is 1.40 bits per heavy atom. The number of allylic oxidation sites excluding steroid dienone is 1. The lowest BCUT2D eigenvalue weighted by Gasteiger charge is -2.00. The predicted octanol–water partition coefficient (Wildman–Crippen LogP) is 0.805. The molecular formula is C7H5N3. The molecule has 10 heavy (non-hydrogen) atoms. The van der Waals surface area contributed by atoms with Gasteiger partial charge in [-0.05, 0) is 6.08 Å². The van der Waals surface area contributed by atoms with Crippen LogP contribution in [0.5, 0.6) is 0 Å². The summed E-state index contributed by atoms with van der Waals surface area (Å²) in [6.45, 7) is 0.572. The molecule has 0 bridgehead atoms. The third-order valence-electron chi connectivity index (χ3n) is 1.23. The summed E-state index contributed by atoms with van der Waals surface area (Å²) in [7, 11) is 0. The third kappa shape index (κ3) is 1.21. The number of aliphatic imine (C=N–C) groups is 1. The average molecular weight is 131 g/mol. The lowest BCUT2D eigenvalue weighted by molar-refractivity contribution is 0.964. The quantitative estimate of drug-likeness (QED) is 0.488. The maximum atomic E-state index is 8.42. The minimum absolute atomic E-state index is 0.364. The van der Waals surface area contributed by atoms with E-state index in [2.05, 4.69) is 4.99 Å². The van der Waals surface area contributed by atoms with Crippen molar-refractivity contribution in [2.75, 3.05) is 6.54 Å². The maximum Gasteiger partial charge on any atom is 0.136 e. The van der Waals surface area contributed by atoms with Gasteiger partial charge in [0.1, 0.15) is 11.8 Å². The van der Waals surface area contributed by atoms with Crippen molar-refractivity contribution < 1.29 is 0 Å². The normalized spacial score (nSPS) is 16.2. The Kier molecular flexibility index (Phi) is 1.82. The first-order chi connectivity index (χ1) is 4.86. The van der Waals surface area contributed by atoms with E-state index in [0.29, 0.717) is 24.3 Å². The van der Waals surface area contributed by atoms with Crippen LogP contribution in [-0.4, -0.2) is 12.3 Å². The van der Waals surface area contributed by atoms with E-state index in [-0.39, 0.29) is 0 Å². The van der Waals surface area contributed by atoms with E-state index < -0.39 is 0 Å². The van der Waals surface area contributed by atoms with Crippen molar-refractivity contribution in [1.29, 1.82) is 10.5 Å². The molecule has 0 saturated heterocycles. The highest BCUT2D eigenvalue weighted by molar-refractivity contribution is 6.08. The van der Waals surface area contributed by atoms with Gasteiger partial charge in [0.15, 0.2) is 0 Å². The molecule has 0 saturated carbocycles. The molecular weight excluding hydrogens is 126 g/mol. The van der Waals surface area contributed by atoms with Gasteiger partial charge in [0.05, 0.1) is 6.07 Å². The van der Waals surface area contributed by atoms with Crippen LogP contribution in [0.15, 0.2) is 16.6 Å². The zero-order chi connectivity index (χ0) is 7.40. The van der Waals surface area contributed by atoms with Gasteiger partial charge < -0.3 is 0 Å². The summed E-state index contributed by atoms with van der Waals surface area (Å²) in [6, 6.07) is 3.89. The van der Waals surface area contributed by atoms with Crippen LogP contribution in [-0.2, 0) is 0 Å². The molecule has 0 aromatic carbocycles. The largest absolute Gasteiger partial charge is 0.274 e. The van der Waals surface area contributed by atoms with E-state index in [4.69, 9.17) is 10.5 Å². The Balaban J connectivity index is 2.86. The van der Waals surface area contributed by atoms with E-state index >= 15 is 0 Å². The summed E-state index contributed by atoms with van der Waals surface area (Å²) >= 11 is 0. The van der Waals surface area contributed by atoms with Crippen LogP contribution >= 0.6 is 0 Å². The first-order valence-corrected chi connectivity index (χ1v) is 2.92. The molecule has 0 spiro atoms. The van der Waals surface area contributed by atoms with E-state index in [9.17, 15) is 0 Å². The number of nitrogens with zero attached hydrogens (tertiary/aromatic N) is 3. The molecule has 0 aromatic rings. The summed E-state index contributed by atoms with van der Waals surface area (Å²) in [5, 5.41) is 16.8. The lowest BCUT2D eigenvalue weighted by Crippen LogP contribution is -2.00. The van der Waals surface area contributed by atoms with Crippen molar-refractivity contribution >= 4 is 5.71 Å². The molecule has 0 fully saturated rings. The second kappa shape index (κ2) is 2.80. The second-order valence-corrected chi connectivity index (χ2v) is 1.91. The van der Waals surface area contributed by atoms with Gasteiger partial charge in [-0.15, -0.1) is 0 Å². The Hall–Kier alpha value is -1.61. The minimum atomic E-state index is 0.364. The Morgan fingerprint density at radius 2 is 2.20 bits per heavy atom. The fourth-order valence-corrected chi connectivity index (χ4v) is 0.735. The van der Waals surface area contributed by atoms with Crippen LogP contribution in [0.25, 0.3) is 0 Å². The third-order valence-corrected chi connectivity index (χ3v) is 1.23. The molecule has 3 heteroatoms. The van der Waals surface area contributed by atoms with E-state index in [0.717, 1.165) is 0 Å². The minimum Gasteiger partial charge on any atom is -0.274 e. The number of hydrogen-bond donors (Lipinski definition) is 0. The lowest BCUT2D eigenvalue weighted by atomic mass is 10.1. The molecule has 0 aromatic heterocycles. The van der Waals surface area contributed by atoms with Gasteiger partial charge in [-0.2, -0.15) is 10.5 Å². The number of rotatable bonds is 0. The number of hydrogen-bond acceptors (Lipinski definition) is 3. The van der Waals surface area contributed by atoms with Crippen LogP contribution in [0.1, 0.15) is 6.42 Å². The SMILES string of the molecule is N#CC1=CC(C#N)=NCC1. The van der Waals surface area contributed by atoms with E-state index in [1.54, 1.807) is 0 Å². The molecule has 0 unspecified atom stereocenters. The fourth-order valence-electron chi connectivity index (χ4n) is 0.735. The highest BCUT2D eigenvalue weighted by Gasteiger charge is 2.03. The topological polar surface area (TPSA) is 59.9 Å². The van der Waals surface area contributed by atoms with Crippen molar-refractivity contribution in [3.8, 4) is 12.1 Å². The highest BCUT2D eigenvalue weighted by Crippen LogP contribution is 2.05. The molecule has 0 atom stereocenters. The van der Waals surface area contributed by atoms with Gasteiger partial charge in [-0.3, -0.25) is 4.99 Å². The molecule has 1 aliphatic heterocycles. The fraction of sp³-hybridized carbons (Fsp3) is 0.286. The van der Waals surface area contributed by atoms with Crippen LogP contribution in [0, 0.1) is 22.7 Å². The summed E-state index contributed by atoms with van der Waals surface area (Å²) in [5.74, 6) is 0. The Labute approximate surface area is 58.9 Å². The molecule has 0 amide bonds. The summed E-state index contributed by atoms with van der Waals surface area (Å²) in [6.07, 6.45) is 2.20. The van der Waals surface area contributed by atoms with Gasteiger partial charge in [-0.1, -0.05) is 0 Å². The van der Waals surface area contributed by atoms with Gasteiger partial charge in [-0.25, -0.2) is 0 Å². The standard InChI is InChI=1S/C7H5N3/c8-4-6-1-2-10-7(3-6)5-9/h3H,1-2H2. The monoisotopic (exact) mass is 131 g/mol. The summed E-state index contributed by atoms with van der Waals surface area (Å²) in [5.41, 5.74) is 1.01. The van der Waals surface area contributed by atoms with E-state index in [1.807, 2.05) is 12.1 Å². The molecule has 1 aliphatic rings. The Morgan fingerprint density at radius 3 is 2.80 bits per heavy atom.